The molecule has 2 N–H and O–H groups in total. The van der Waals surface area contributed by atoms with Gasteiger partial charge in [0, 0.05) is 11.3 Å². The minimum Gasteiger partial charge on any atom is -0.331 e. The molecule has 0 spiro atoms. The van der Waals surface area contributed by atoms with Crippen LogP contribution in [0, 0.1) is 0 Å². The predicted octanol–water partition coefficient (Wildman–Crippen LogP) is 3.34. The summed E-state index contributed by atoms with van der Waals surface area (Å²) in [6.45, 7) is -0.117. The largest absolute Gasteiger partial charge is 0.331 e. The molecule has 0 saturated carbocycles. The van der Waals surface area contributed by atoms with Gasteiger partial charge in [-0.2, -0.15) is 9.90 Å². The van der Waals surface area contributed by atoms with Gasteiger partial charge in [0.05, 0.1) is 11.1 Å². The average Bonchev–Trinajstić information content (AvgIpc) is 3.36. The van der Waals surface area contributed by atoms with E-state index in [-0.39, 0.29) is 6.54 Å². The number of benzene rings is 2. The van der Waals surface area contributed by atoms with E-state index in [2.05, 4.69) is 36.2 Å². The first-order valence-corrected chi connectivity index (χ1v) is 10.0. The van der Waals surface area contributed by atoms with Crippen molar-refractivity contribution in [2.45, 2.75) is 6.54 Å². The molecular formula is C19H15ClN8OS. The van der Waals surface area contributed by atoms with Crippen molar-refractivity contribution in [2.24, 2.45) is 5.10 Å². The number of rotatable bonds is 7. The molecule has 0 unspecified atom stereocenters. The summed E-state index contributed by atoms with van der Waals surface area (Å²) in [5, 5.41) is 20.0. The van der Waals surface area contributed by atoms with Crippen molar-refractivity contribution in [3.63, 3.8) is 0 Å². The highest BCUT2D eigenvalue weighted by atomic mass is 35.5. The van der Waals surface area contributed by atoms with E-state index in [1.54, 1.807) is 0 Å². The number of carbonyl (C=O) groups excluding carboxylic acids is 1. The minimum atomic E-state index is -0.397. The molecule has 11 heteroatoms. The van der Waals surface area contributed by atoms with Gasteiger partial charge in [-0.1, -0.05) is 71.5 Å². The maximum Gasteiger partial charge on any atom is 0.263 e. The third-order valence-corrected chi connectivity index (χ3v) is 5.08. The maximum atomic E-state index is 12.1. The van der Waals surface area contributed by atoms with Gasteiger partial charge in [0.2, 0.25) is 5.82 Å². The lowest BCUT2D eigenvalue weighted by atomic mass is 10.2. The van der Waals surface area contributed by atoms with Gasteiger partial charge in [0.25, 0.3) is 5.91 Å². The number of hydrazone groups is 1. The molecule has 0 aliphatic heterocycles. The molecule has 2 heterocycles. The highest BCUT2D eigenvalue weighted by Crippen LogP contribution is 2.27. The zero-order valence-electron chi connectivity index (χ0n) is 15.4. The van der Waals surface area contributed by atoms with E-state index in [9.17, 15) is 4.79 Å². The molecule has 4 aromatic rings. The normalized spacial score (nSPS) is 11.0. The Morgan fingerprint density at radius 2 is 1.87 bits per heavy atom. The fourth-order valence-electron chi connectivity index (χ4n) is 2.43. The monoisotopic (exact) mass is 438 g/mol. The van der Waals surface area contributed by atoms with Crippen molar-refractivity contribution in [1.82, 2.24) is 30.6 Å². The zero-order valence-corrected chi connectivity index (χ0v) is 17.0. The Labute approximate surface area is 180 Å². The Kier molecular flexibility index (Phi) is 6.06. The van der Waals surface area contributed by atoms with Gasteiger partial charge in [0.15, 0.2) is 10.3 Å². The number of nitrogens with zero attached hydrogens (tertiary/aromatic N) is 6. The van der Waals surface area contributed by atoms with Crippen LogP contribution in [-0.4, -0.2) is 37.3 Å². The van der Waals surface area contributed by atoms with Gasteiger partial charge in [0.1, 0.15) is 6.54 Å². The maximum absolute atomic E-state index is 12.1. The molecule has 150 valence electrons. The number of aromatic nitrogens is 5. The summed E-state index contributed by atoms with van der Waals surface area (Å²) in [5.74, 6) is 0.0494. The summed E-state index contributed by atoms with van der Waals surface area (Å²) in [6, 6.07) is 19.0. The summed E-state index contributed by atoms with van der Waals surface area (Å²) in [7, 11) is 0. The number of tetrazole rings is 1. The molecule has 0 saturated heterocycles. The summed E-state index contributed by atoms with van der Waals surface area (Å²) in [5.41, 5.74) is 4.14. The van der Waals surface area contributed by atoms with E-state index in [4.69, 9.17) is 11.6 Å². The van der Waals surface area contributed by atoms with Gasteiger partial charge < -0.3 is 5.32 Å². The number of hydrogen-bond acceptors (Lipinski definition) is 8. The van der Waals surface area contributed by atoms with E-state index in [0.717, 1.165) is 11.3 Å². The molecule has 30 heavy (non-hydrogen) atoms. The molecule has 0 atom stereocenters. The lowest BCUT2D eigenvalue weighted by Gasteiger charge is -2.00. The third kappa shape index (κ3) is 5.04. The molecule has 2 aromatic heterocycles. The Morgan fingerprint density at radius 3 is 2.63 bits per heavy atom. The van der Waals surface area contributed by atoms with Crippen LogP contribution in [0.25, 0.3) is 11.4 Å². The Bertz CT molecular complexity index is 1160. The number of halogens is 1. The van der Waals surface area contributed by atoms with Crippen LogP contribution in [0.1, 0.15) is 4.88 Å². The van der Waals surface area contributed by atoms with Crippen molar-refractivity contribution in [3.05, 3.63) is 70.7 Å². The van der Waals surface area contributed by atoms with E-state index in [0.29, 0.717) is 21.0 Å². The molecule has 0 aliphatic carbocycles. The molecule has 0 radical (unpaired) electrons. The Morgan fingerprint density at radius 1 is 1.13 bits per heavy atom. The first-order valence-electron chi connectivity index (χ1n) is 8.81. The van der Waals surface area contributed by atoms with Gasteiger partial charge in [-0.3, -0.25) is 4.79 Å². The number of amides is 1. The second-order valence-electron chi connectivity index (χ2n) is 5.97. The van der Waals surface area contributed by atoms with Crippen LogP contribution in [0.2, 0.25) is 5.15 Å². The molecule has 9 nitrogen and oxygen atoms in total. The van der Waals surface area contributed by atoms with Crippen LogP contribution >= 0.6 is 22.9 Å². The summed E-state index contributed by atoms with van der Waals surface area (Å²) in [6.07, 6.45) is 1.44. The van der Waals surface area contributed by atoms with Gasteiger partial charge in [-0.15, -0.1) is 10.2 Å². The molecular weight excluding hydrogens is 424 g/mol. The molecule has 0 fully saturated rings. The molecule has 2 aromatic carbocycles. The van der Waals surface area contributed by atoms with E-state index in [1.807, 2.05) is 60.7 Å². The first-order chi connectivity index (χ1) is 14.7. The zero-order chi connectivity index (χ0) is 20.8. The van der Waals surface area contributed by atoms with Crippen LogP contribution in [0.3, 0.4) is 0 Å². The van der Waals surface area contributed by atoms with Crippen LogP contribution in [0.5, 0.6) is 0 Å². The van der Waals surface area contributed by atoms with Crippen molar-refractivity contribution < 1.29 is 4.79 Å². The summed E-state index contributed by atoms with van der Waals surface area (Å²) in [4.78, 5) is 18.1. The second kappa shape index (κ2) is 9.25. The van der Waals surface area contributed by atoms with Crippen LogP contribution in [0.15, 0.2) is 65.8 Å². The smallest absolute Gasteiger partial charge is 0.263 e. The highest BCUT2D eigenvalue weighted by molar-refractivity contribution is 7.17. The average molecular weight is 439 g/mol. The number of carbonyl (C=O) groups is 1. The fourth-order valence-corrected chi connectivity index (χ4v) is 3.48. The standard InChI is InChI=1S/C19H15ClN8OS/c20-17-15(30-19(23-17)22-14-9-5-2-6-10-14)11-21-24-16(29)12-28-26-18(25-27-28)13-7-3-1-4-8-13/h1-11H,12H2,(H,22,23)(H,24,29)/b21-11+. The topological polar surface area (TPSA) is 110 Å². The number of para-hydroxylation sites is 1. The minimum absolute atomic E-state index is 0.117. The van der Waals surface area contributed by atoms with Crippen LogP contribution in [-0.2, 0) is 11.3 Å². The SMILES string of the molecule is O=C(Cn1nnc(-c2ccccc2)n1)N/N=C/c1sc(Nc2ccccc2)nc1Cl. The number of anilines is 2. The fraction of sp³-hybridized carbons (Fsp3) is 0.0526. The van der Waals surface area contributed by atoms with Crippen molar-refractivity contribution in [2.75, 3.05) is 5.32 Å². The molecule has 0 aliphatic rings. The van der Waals surface area contributed by atoms with Gasteiger partial charge >= 0.3 is 0 Å². The predicted molar refractivity (Wildman–Crippen MR) is 116 cm³/mol. The third-order valence-electron chi connectivity index (χ3n) is 3.78. The lowest BCUT2D eigenvalue weighted by Crippen LogP contribution is -2.24. The van der Waals surface area contributed by atoms with Crippen molar-refractivity contribution in [1.29, 1.82) is 0 Å². The Balaban J connectivity index is 1.32. The molecule has 4 rings (SSSR count). The van der Waals surface area contributed by atoms with E-state index >= 15 is 0 Å². The Hall–Kier alpha value is -3.63. The number of thiazole rings is 1. The summed E-state index contributed by atoms with van der Waals surface area (Å²) >= 11 is 7.46. The summed E-state index contributed by atoms with van der Waals surface area (Å²) < 4.78 is 0. The quantitative estimate of drug-likeness (QED) is 0.338. The second-order valence-corrected chi connectivity index (χ2v) is 7.36. The number of nitrogens with one attached hydrogen (secondary N) is 2. The van der Waals surface area contributed by atoms with Crippen molar-refractivity contribution in [3.8, 4) is 11.4 Å². The van der Waals surface area contributed by atoms with Crippen LogP contribution < -0.4 is 10.7 Å². The van der Waals surface area contributed by atoms with Gasteiger partial charge in [-0.25, -0.2) is 10.4 Å². The lowest BCUT2D eigenvalue weighted by molar-refractivity contribution is -0.122. The first kappa shape index (κ1) is 19.7. The highest BCUT2D eigenvalue weighted by Gasteiger charge is 2.10. The number of hydrogen-bond donors (Lipinski definition) is 2. The van der Waals surface area contributed by atoms with E-state index < -0.39 is 5.91 Å². The molecule has 1 amide bonds. The van der Waals surface area contributed by atoms with E-state index in [1.165, 1.54) is 22.3 Å². The van der Waals surface area contributed by atoms with Crippen LogP contribution in [0.4, 0.5) is 10.8 Å². The van der Waals surface area contributed by atoms with Gasteiger partial charge in [-0.05, 0) is 17.3 Å². The molecule has 0 bridgehead atoms. The van der Waals surface area contributed by atoms with Crippen molar-refractivity contribution >= 4 is 45.9 Å².